The zero-order valence-corrected chi connectivity index (χ0v) is 11.5. The van der Waals surface area contributed by atoms with Gasteiger partial charge in [0.15, 0.2) is 0 Å². The van der Waals surface area contributed by atoms with Crippen molar-refractivity contribution in [3.63, 3.8) is 0 Å². The average molecular weight is 267 g/mol. The van der Waals surface area contributed by atoms with Gasteiger partial charge in [0.1, 0.15) is 0 Å². The van der Waals surface area contributed by atoms with Crippen LogP contribution in [0.1, 0.15) is 31.9 Å². The minimum Gasteiger partial charge on any atom is -0.348 e. The van der Waals surface area contributed by atoms with Crippen molar-refractivity contribution in [2.75, 3.05) is 6.54 Å². The van der Waals surface area contributed by atoms with E-state index in [9.17, 15) is 4.79 Å². The van der Waals surface area contributed by atoms with Gasteiger partial charge < -0.3 is 10.6 Å². The highest BCUT2D eigenvalue weighted by atomic mass is 35.5. The van der Waals surface area contributed by atoms with E-state index in [-0.39, 0.29) is 18.0 Å². The van der Waals surface area contributed by atoms with Crippen LogP contribution in [0.3, 0.4) is 0 Å². The van der Waals surface area contributed by atoms with E-state index >= 15 is 0 Å². The SMILES string of the molecule is CC1CCNC1C(=O)N[C@H](C)c1cccc(Cl)c1. The zero-order valence-electron chi connectivity index (χ0n) is 10.7. The third kappa shape index (κ3) is 3.03. The lowest BCUT2D eigenvalue weighted by Crippen LogP contribution is -2.44. The van der Waals surface area contributed by atoms with Gasteiger partial charge >= 0.3 is 0 Å². The molecule has 1 aliphatic rings. The molecule has 1 aliphatic heterocycles. The number of hydrogen-bond acceptors (Lipinski definition) is 2. The van der Waals surface area contributed by atoms with Gasteiger partial charge in [0.25, 0.3) is 0 Å². The summed E-state index contributed by atoms with van der Waals surface area (Å²) in [4.78, 5) is 12.1. The van der Waals surface area contributed by atoms with Gasteiger partial charge in [-0.1, -0.05) is 30.7 Å². The maximum Gasteiger partial charge on any atom is 0.237 e. The largest absolute Gasteiger partial charge is 0.348 e. The lowest BCUT2D eigenvalue weighted by atomic mass is 10.0. The highest BCUT2D eigenvalue weighted by Gasteiger charge is 2.29. The summed E-state index contributed by atoms with van der Waals surface area (Å²) in [5, 5.41) is 6.97. The van der Waals surface area contributed by atoms with Gasteiger partial charge in [0, 0.05) is 5.02 Å². The highest BCUT2D eigenvalue weighted by molar-refractivity contribution is 6.30. The summed E-state index contributed by atoms with van der Waals surface area (Å²) < 4.78 is 0. The van der Waals surface area contributed by atoms with Crippen molar-refractivity contribution >= 4 is 17.5 Å². The third-order valence-corrected chi connectivity index (χ3v) is 3.76. The molecular weight excluding hydrogens is 248 g/mol. The van der Waals surface area contributed by atoms with Crippen molar-refractivity contribution in [1.82, 2.24) is 10.6 Å². The van der Waals surface area contributed by atoms with Crippen LogP contribution in [0.2, 0.25) is 5.02 Å². The third-order valence-electron chi connectivity index (χ3n) is 3.52. The summed E-state index contributed by atoms with van der Waals surface area (Å²) in [5.41, 5.74) is 1.03. The van der Waals surface area contributed by atoms with E-state index in [1.165, 1.54) is 0 Å². The normalized spacial score (nSPS) is 24.8. The van der Waals surface area contributed by atoms with Gasteiger partial charge in [0.2, 0.25) is 5.91 Å². The molecule has 0 aromatic heterocycles. The fraction of sp³-hybridized carbons (Fsp3) is 0.500. The second kappa shape index (κ2) is 5.72. The van der Waals surface area contributed by atoms with Crippen LogP contribution < -0.4 is 10.6 Å². The number of nitrogens with one attached hydrogen (secondary N) is 2. The first-order valence-corrected chi connectivity index (χ1v) is 6.75. The number of halogens is 1. The minimum atomic E-state index is -0.0633. The second-order valence-electron chi connectivity index (χ2n) is 4.98. The molecule has 0 spiro atoms. The van der Waals surface area contributed by atoms with Crippen LogP contribution in [-0.2, 0) is 4.79 Å². The Kier molecular flexibility index (Phi) is 4.25. The monoisotopic (exact) mass is 266 g/mol. The molecule has 2 rings (SSSR count). The van der Waals surface area contributed by atoms with Gasteiger partial charge in [-0.3, -0.25) is 4.79 Å². The smallest absolute Gasteiger partial charge is 0.237 e. The number of carbonyl (C=O) groups excluding carboxylic acids is 1. The Morgan fingerprint density at radius 2 is 2.33 bits per heavy atom. The molecule has 1 aromatic carbocycles. The average Bonchev–Trinajstić information content (AvgIpc) is 2.75. The summed E-state index contributed by atoms with van der Waals surface area (Å²) in [6, 6.07) is 7.51. The molecule has 98 valence electrons. The van der Waals surface area contributed by atoms with E-state index in [2.05, 4.69) is 17.6 Å². The maximum atomic E-state index is 12.1. The van der Waals surface area contributed by atoms with Crippen LogP contribution in [0.5, 0.6) is 0 Å². The molecule has 1 heterocycles. The molecule has 0 radical (unpaired) electrons. The Bertz CT molecular complexity index is 436. The molecule has 0 bridgehead atoms. The van der Waals surface area contributed by atoms with Crippen LogP contribution >= 0.6 is 11.6 Å². The van der Waals surface area contributed by atoms with Crippen molar-refractivity contribution < 1.29 is 4.79 Å². The van der Waals surface area contributed by atoms with Crippen LogP contribution in [0.4, 0.5) is 0 Å². The highest BCUT2D eigenvalue weighted by Crippen LogP contribution is 2.19. The molecule has 3 nitrogen and oxygen atoms in total. The fourth-order valence-corrected chi connectivity index (χ4v) is 2.55. The van der Waals surface area contributed by atoms with E-state index in [1.54, 1.807) is 0 Å². The number of amides is 1. The van der Waals surface area contributed by atoms with Crippen molar-refractivity contribution in [1.29, 1.82) is 0 Å². The number of benzene rings is 1. The molecule has 4 heteroatoms. The molecule has 1 saturated heterocycles. The topological polar surface area (TPSA) is 41.1 Å². The molecule has 1 amide bonds. The Hall–Kier alpha value is -1.06. The predicted octanol–water partition coefficient (Wildman–Crippen LogP) is 2.52. The van der Waals surface area contributed by atoms with Crippen LogP contribution in [0, 0.1) is 5.92 Å². The van der Waals surface area contributed by atoms with E-state index in [0.29, 0.717) is 10.9 Å². The molecule has 2 N–H and O–H groups in total. The van der Waals surface area contributed by atoms with Crippen molar-refractivity contribution in [3.8, 4) is 0 Å². The fourth-order valence-electron chi connectivity index (χ4n) is 2.35. The molecule has 1 aromatic rings. The Morgan fingerprint density at radius 3 is 2.94 bits per heavy atom. The number of hydrogen-bond donors (Lipinski definition) is 2. The summed E-state index contributed by atoms with van der Waals surface area (Å²) >= 11 is 5.95. The van der Waals surface area contributed by atoms with Crippen molar-refractivity contribution in [2.24, 2.45) is 5.92 Å². The van der Waals surface area contributed by atoms with Crippen LogP contribution in [0.25, 0.3) is 0 Å². The summed E-state index contributed by atoms with van der Waals surface area (Å²) in [6.07, 6.45) is 1.06. The maximum absolute atomic E-state index is 12.1. The Balaban J connectivity index is 1.98. The molecule has 2 unspecified atom stereocenters. The number of rotatable bonds is 3. The van der Waals surface area contributed by atoms with Gasteiger partial charge in [-0.2, -0.15) is 0 Å². The standard InChI is InChI=1S/C14H19ClN2O/c1-9-6-7-16-13(9)14(18)17-10(2)11-4-3-5-12(15)8-11/h3-5,8-10,13,16H,6-7H2,1-2H3,(H,17,18)/t9?,10-,13?/m1/s1. The Labute approximate surface area is 113 Å². The van der Waals surface area contributed by atoms with E-state index in [4.69, 9.17) is 11.6 Å². The van der Waals surface area contributed by atoms with Gasteiger partial charge in [-0.25, -0.2) is 0 Å². The van der Waals surface area contributed by atoms with Gasteiger partial charge in [-0.05, 0) is 43.5 Å². The predicted molar refractivity (Wildman–Crippen MR) is 73.6 cm³/mol. The molecular formula is C14H19ClN2O. The van der Waals surface area contributed by atoms with E-state index in [1.807, 2.05) is 31.2 Å². The first-order chi connectivity index (χ1) is 8.58. The summed E-state index contributed by atoms with van der Waals surface area (Å²) in [6.45, 7) is 5.00. The molecule has 0 saturated carbocycles. The van der Waals surface area contributed by atoms with Gasteiger partial charge in [-0.15, -0.1) is 0 Å². The molecule has 3 atom stereocenters. The van der Waals surface area contributed by atoms with Crippen LogP contribution in [0.15, 0.2) is 24.3 Å². The summed E-state index contributed by atoms with van der Waals surface area (Å²) in [7, 11) is 0. The quantitative estimate of drug-likeness (QED) is 0.883. The molecule has 0 aliphatic carbocycles. The number of carbonyl (C=O) groups is 1. The Morgan fingerprint density at radius 1 is 1.56 bits per heavy atom. The lowest BCUT2D eigenvalue weighted by Gasteiger charge is -2.20. The molecule has 1 fully saturated rings. The van der Waals surface area contributed by atoms with Gasteiger partial charge in [0.05, 0.1) is 12.1 Å². The second-order valence-corrected chi connectivity index (χ2v) is 5.42. The first-order valence-electron chi connectivity index (χ1n) is 6.37. The van der Waals surface area contributed by atoms with E-state index in [0.717, 1.165) is 18.5 Å². The van der Waals surface area contributed by atoms with Crippen LogP contribution in [-0.4, -0.2) is 18.5 Å². The molecule has 18 heavy (non-hydrogen) atoms. The van der Waals surface area contributed by atoms with E-state index < -0.39 is 0 Å². The lowest BCUT2D eigenvalue weighted by molar-refractivity contribution is -0.124. The van der Waals surface area contributed by atoms with Crippen molar-refractivity contribution in [3.05, 3.63) is 34.9 Å². The minimum absolute atomic E-state index is 0.0224. The zero-order chi connectivity index (χ0) is 13.1. The first kappa shape index (κ1) is 13.4. The van der Waals surface area contributed by atoms with Crippen molar-refractivity contribution in [2.45, 2.75) is 32.4 Å². The summed E-state index contributed by atoms with van der Waals surface area (Å²) in [5.74, 6) is 0.476.